The van der Waals surface area contributed by atoms with Crippen molar-refractivity contribution in [3.05, 3.63) is 63.5 Å². The van der Waals surface area contributed by atoms with Crippen molar-refractivity contribution in [1.82, 2.24) is 4.98 Å². The molecule has 0 amide bonds. The van der Waals surface area contributed by atoms with Crippen molar-refractivity contribution in [3.63, 3.8) is 0 Å². The first-order valence-electron chi connectivity index (χ1n) is 13.6. The largest absolute Gasteiger partial charge is 0.348 e. The fraction of sp³-hybridized carbons (Fsp3) is 0.516. The van der Waals surface area contributed by atoms with E-state index >= 15 is 0 Å². The Kier molecular flexibility index (Phi) is 8.20. The van der Waals surface area contributed by atoms with Crippen LogP contribution in [0.1, 0.15) is 100.0 Å². The van der Waals surface area contributed by atoms with Crippen LogP contribution in [-0.4, -0.2) is 31.7 Å². The molecular weight excluding hydrogens is 496 g/mol. The van der Waals surface area contributed by atoms with Gasteiger partial charge in [-0.15, -0.1) is 11.3 Å². The van der Waals surface area contributed by atoms with Gasteiger partial charge >= 0.3 is 0 Å². The minimum atomic E-state index is -3.45. The van der Waals surface area contributed by atoms with Crippen molar-refractivity contribution in [2.24, 2.45) is 0 Å². The molecule has 0 spiro atoms. The van der Waals surface area contributed by atoms with Crippen molar-refractivity contribution in [2.75, 3.05) is 18.0 Å². The minimum Gasteiger partial charge on any atom is -0.348 e. The first-order chi connectivity index (χ1) is 17.4. The summed E-state index contributed by atoms with van der Waals surface area (Å²) in [6.07, 6.45) is 1.25. The van der Waals surface area contributed by atoms with Gasteiger partial charge in [-0.1, -0.05) is 65.8 Å². The molecule has 0 unspecified atom stereocenters. The normalized spacial score (nSPS) is 15.4. The van der Waals surface area contributed by atoms with E-state index in [9.17, 15) is 8.42 Å². The van der Waals surface area contributed by atoms with E-state index in [-0.39, 0.29) is 17.1 Å². The van der Waals surface area contributed by atoms with Crippen LogP contribution in [0.25, 0.3) is 11.3 Å². The van der Waals surface area contributed by atoms with Crippen LogP contribution in [0.3, 0.4) is 0 Å². The van der Waals surface area contributed by atoms with Gasteiger partial charge in [-0.25, -0.2) is 13.4 Å². The Balaban J connectivity index is 1.58. The van der Waals surface area contributed by atoms with Crippen LogP contribution < -0.4 is 4.90 Å². The molecule has 2 heterocycles. The molecule has 37 heavy (non-hydrogen) atoms. The molecule has 1 aliphatic heterocycles. The summed E-state index contributed by atoms with van der Waals surface area (Å²) in [6.45, 7) is 18.5. The summed E-state index contributed by atoms with van der Waals surface area (Å²) >= 11 is 1.65. The highest BCUT2D eigenvalue weighted by Gasteiger charge is 2.36. The third kappa shape index (κ3) is 5.65. The highest BCUT2D eigenvalue weighted by molar-refractivity contribution is 7.92. The molecule has 1 fully saturated rings. The van der Waals surface area contributed by atoms with E-state index < -0.39 is 9.84 Å². The Morgan fingerprint density at radius 1 is 0.865 bits per heavy atom. The Hall–Kier alpha value is -2.18. The predicted octanol–water partition coefficient (Wildman–Crippen LogP) is 8.24. The smallest absolute Gasteiger partial charge is 0.185 e. The lowest BCUT2D eigenvalue weighted by Crippen LogP contribution is -2.39. The predicted molar refractivity (Wildman–Crippen MR) is 158 cm³/mol. The molecule has 3 aromatic rings. The second kappa shape index (κ2) is 10.9. The van der Waals surface area contributed by atoms with Gasteiger partial charge in [-0.05, 0) is 78.3 Å². The molecule has 0 bridgehead atoms. The number of aryl methyl sites for hydroxylation is 2. The second-order valence-electron chi connectivity index (χ2n) is 11.5. The van der Waals surface area contributed by atoms with E-state index in [2.05, 4.69) is 96.0 Å². The molecule has 0 saturated carbocycles. The van der Waals surface area contributed by atoms with Crippen LogP contribution in [0.5, 0.6) is 0 Å². The summed E-state index contributed by atoms with van der Waals surface area (Å²) in [5, 5.41) is 2.74. The number of sulfone groups is 1. The molecule has 6 heteroatoms. The lowest BCUT2D eigenvalue weighted by Gasteiger charge is -2.33. The maximum atomic E-state index is 14.2. The van der Waals surface area contributed by atoms with Gasteiger partial charge in [0.2, 0.25) is 0 Å². The van der Waals surface area contributed by atoms with Gasteiger partial charge in [0.25, 0.3) is 0 Å². The fourth-order valence-electron chi connectivity index (χ4n) is 5.19. The number of piperidine rings is 1. The quantitative estimate of drug-likeness (QED) is 0.304. The van der Waals surface area contributed by atoms with Crippen LogP contribution >= 0.6 is 11.3 Å². The van der Waals surface area contributed by atoms with Gasteiger partial charge in [-0.2, -0.15) is 0 Å². The van der Waals surface area contributed by atoms with Gasteiger partial charge in [-0.3, -0.25) is 0 Å². The summed E-state index contributed by atoms with van der Waals surface area (Å²) in [7, 11) is -3.45. The molecule has 2 aromatic carbocycles. The highest BCUT2D eigenvalue weighted by Crippen LogP contribution is 2.39. The SMILES string of the molecule is Cc1ccc(-c2csc(N3CCC(S(=O)(=O)c4c(C(C)C)cc(C(C)C)cc4C(C)C)CC3)n2)cc1C. The number of nitrogens with zero attached hydrogens (tertiary/aromatic N) is 2. The number of thiazole rings is 1. The Morgan fingerprint density at radius 3 is 1.97 bits per heavy atom. The first-order valence-corrected chi connectivity index (χ1v) is 16.0. The fourth-order valence-corrected chi connectivity index (χ4v) is 8.48. The van der Waals surface area contributed by atoms with Crippen LogP contribution in [0.15, 0.2) is 40.6 Å². The van der Waals surface area contributed by atoms with Crippen LogP contribution in [0.2, 0.25) is 0 Å². The topological polar surface area (TPSA) is 50.3 Å². The molecule has 4 nitrogen and oxygen atoms in total. The Labute approximate surface area is 228 Å². The van der Waals surface area contributed by atoms with E-state index in [0.717, 1.165) is 27.5 Å². The van der Waals surface area contributed by atoms with Gasteiger partial charge < -0.3 is 4.90 Å². The maximum absolute atomic E-state index is 14.2. The molecule has 1 aromatic heterocycles. The highest BCUT2D eigenvalue weighted by atomic mass is 32.2. The zero-order chi connectivity index (χ0) is 27.1. The zero-order valence-electron chi connectivity index (χ0n) is 23.6. The van der Waals surface area contributed by atoms with Crippen molar-refractivity contribution >= 4 is 26.3 Å². The number of benzene rings is 2. The average Bonchev–Trinajstić information content (AvgIpc) is 3.35. The summed E-state index contributed by atoms with van der Waals surface area (Å²) in [4.78, 5) is 7.78. The number of aromatic nitrogens is 1. The number of hydrogen-bond acceptors (Lipinski definition) is 5. The van der Waals surface area contributed by atoms with Gasteiger partial charge in [0.1, 0.15) is 0 Å². The number of anilines is 1. The van der Waals surface area contributed by atoms with Crippen molar-refractivity contribution in [1.29, 1.82) is 0 Å². The van der Waals surface area contributed by atoms with Crippen LogP contribution in [-0.2, 0) is 9.84 Å². The van der Waals surface area contributed by atoms with E-state index in [4.69, 9.17) is 4.98 Å². The molecule has 0 N–H and O–H groups in total. The van der Waals surface area contributed by atoms with Crippen molar-refractivity contribution in [2.45, 2.75) is 96.1 Å². The summed E-state index contributed by atoms with van der Waals surface area (Å²) in [5.74, 6) is 0.669. The molecular formula is C31H42N2O2S2. The Morgan fingerprint density at radius 2 is 1.46 bits per heavy atom. The third-order valence-electron chi connectivity index (χ3n) is 7.81. The lowest BCUT2D eigenvalue weighted by atomic mass is 9.89. The first kappa shape index (κ1) is 27.8. The molecule has 200 valence electrons. The molecule has 1 saturated heterocycles. The lowest BCUT2D eigenvalue weighted by molar-refractivity contribution is 0.526. The van der Waals surface area contributed by atoms with Crippen molar-refractivity contribution < 1.29 is 8.42 Å². The van der Waals surface area contributed by atoms with E-state index in [1.165, 1.54) is 16.7 Å². The van der Waals surface area contributed by atoms with Crippen LogP contribution in [0.4, 0.5) is 5.13 Å². The second-order valence-corrected chi connectivity index (χ2v) is 14.5. The summed E-state index contributed by atoms with van der Waals surface area (Å²) in [5.41, 5.74) is 7.86. The van der Waals surface area contributed by atoms with Gasteiger partial charge in [0.05, 0.1) is 15.8 Å². The standard InChI is InChI=1S/C31H42N2O2S2/c1-19(2)25-16-27(20(3)4)30(28(17-25)21(5)6)37(34,35)26-11-13-33(14-12-26)31-32-29(18-36-31)24-10-9-22(7)23(8)15-24/h9-10,15-21,26H,11-14H2,1-8H3. The molecule has 4 rings (SSSR count). The molecule has 1 aliphatic rings. The maximum Gasteiger partial charge on any atom is 0.185 e. The van der Waals surface area contributed by atoms with E-state index in [1.54, 1.807) is 11.3 Å². The third-order valence-corrected chi connectivity index (χ3v) is 11.1. The number of rotatable bonds is 7. The number of hydrogen-bond donors (Lipinski definition) is 0. The zero-order valence-corrected chi connectivity index (χ0v) is 25.3. The van der Waals surface area contributed by atoms with Crippen LogP contribution in [0, 0.1) is 13.8 Å². The average molecular weight is 539 g/mol. The Bertz CT molecular complexity index is 1330. The summed E-state index contributed by atoms with van der Waals surface area (Å²) in [6, 6.07) is 10.8. The minimum absolute atomic E-state index is 0.153. The molecule has 0 atom stereocenters. The summed E-state index contributed by atoms with van der Waals surface area (Å²) < 4.78 is 28.4. The van der Waals surface area contributed by atoms with E-state index in [0.29, 0.717) is 36.7 Å². The van der Waals surface area contributed by atoms with E-state index in [1.807, 2.05) is 0 Å². The molecule has 0 aliphatic carbocycles. The monoisotopic (exact) mass is 538 g/mol. The van der Waals surface area contributed by atoms with Gasteiger partial charge in [0, 0.05) is 24.0 Å². The molecule has 0 radical (unpaired) electrons. The van der Waals surface area contributed by atoms with Gasteiger partial charge in [0.15, 0.2) is 15.0 Å². The van der Waals surface area contributed by atoms with Crippen molar-refractivity contribution in [3.8, 4) is 11.3 Å².